The number of thiophene rings is 1. The zero-order valence-electron chi connectivity index (χ0n) is 14.5. The quantitative estimate of drug-likeness (QED) is 0.361. The lowest BCUT2D eigenvalue weighted by Crippen LogP contribution is -1.97. The molecular weight excluding hydrogens is 420 g/mol. The lowest BCUT2D eigenvalue weighted by Gasteiger charge is -1.97. The first kappa shape index (κ1) is 19.0. The van der Waals surface area contributed by atoms with Crippen molar-refractivity contribution in [3.8, 4) is 4.90 Å². The van der Waals surface area contributed by atoms with Crippen molar-refractivity contribution in [2.75, 3.05) is 0 Å². The molecule has 0 amide bonds. The van der Waals surface area contributed by atoms with E-state index >= 15 is 0 Å². The van der Waals surface area contributed by atoms with Crippen molar-refractivity contribution in [3.05, 3.63) is 66.2 Å². The Bertz CT molecular complexity index is 1360. The van der Waals surface area contributed by atoms with Gasteiger partial charge in [0.05, 0.1) is 9.79 Å². The normalized spacial score (nSPS) is 12.7. The minimum atomic E-state index is -4.42. The Morgan fingerprint density at radius 2 is 1.11 bits per heavy atom. The molecule has 2 N–H and O–H groups in total. The molecule has 0 aliphatic carbocycles. The molecule has 28 heavy (non-hydrogen) atoms. The fourth-order valence-electron chi connectivity index (χ4n) is 3.16. The Balaban J connectivity index is 2.17. The van der Waals surface area contributed by atoms with Gasteiger partial charge in [0.25, 0.3) is 20.2 Å². The van der Waals surface area contributed by atoms with Crippen molar-refractivity contribution in [3.63, 3.8) is 0 Å². The third kappa shape index (κ3) is 3.21. The number of hydrogen-bond acceptors (Lipinski definition) is 4. The predicted molar refractivity (Wildman–Crippen MR) is 110 cm³/mol. The third-order valence-corrected chi connectivity index (χ3v) is 8.52. The van der Waals surface area contributed by atoms with Crippen LogP contribution in [0, 0.1) is 6.92 Å². The molecule has 0 aliphatic rings. The van der Waals surface area contributed by atoms with Gasteiger partial charge in [0.15, 0.2) is 14.3 Å². The lowest BCUT2D eigenvalue weighted by atomic mass is 10.1. The molecule has 4 rings (SSSR count). The van der Waals surface area contributed by atoms with Gasteiger partial charge in [-0.05, 0) is 43.3 Å². The van der Waals surface area contributed by atoms with Crippen LogP contribution in [-0.2, 0) is 20.2 Å². The van der Waals surface area contributed by atoms with Crippen molar-refractivity contribution in [1.29, 1.82) is 0 Å². The average molecular weight is 436 g/mol. The Hall–Kier alpha value is -2.30. The summed E-state index contributed by atoms with van der Waals surface area (Å²) in [6, 6.07) is 16.5. The molecule has 0 fully saturated rings. The Morgan fingerprint density at radius 1 is 0.679 bits per heavy atom. The SMILES string of the molecule is Cc1ccc(-[s+]2c3ccc(S(=O)(=O)O)cc3c3cc(S(=O)(=O)O)ccc32)cc1. The first-order valence-corrected chi connectivity index (χ1v) is 12.2. The number of benzene rings is 3. The minimum Gasteiger partial charge on any atom is -0.282 e. The summed E-state index contributed by atoms with van der Waals surface area (Å²) in [5.74, 6) is 0. The van der Waals surface area contributed by atoms with Crippen LogP contribution < -0.4 is 0 Å². The van der Waals surface area contributed by atoms with Gasteiger partial charge in [0.1, 0.15) is 0 Å². The molecule has 0 radical (unpaired) electrons. The Labute approximate surface area is 164 Å². The van der Waals surface area contributed by atoms with Crippen LogP contribution in [0.5, 0.6) is 0 Å². The fraction of sp³-hybridized carbons (Fsp3) is 0.0526. The molecule has 3 aromatic carbocycles. The summed E-state index contributed by atoms with van der Waals surface area (Å²) in [5.41, 5.74) is 1.09. The predicted octanol–water partition coefficient (Wildman–Crippen LogP) is 4.53. The molecule has 0 saturated carbocycles. The number of fused-ring (bicyclic) bond motifs is 3. The van der Waals surface area contributed by atoms with Crippen molar-refractivity contribution >= 4 is 50.9 Å². The maximum Gasteiger partial charge on any atom is 0.294 e. The summed E-state index contributed by atoms with van der Waals surface area (Å²) in [5, 5.41) is 1.03. The van der Waals surface area contributed by atoms with E-state index < -0.39 is 30.7 Å². The van der Waals surface area contributed by atoms with Crippen molar-refractivity contribution in [2.45, 2.75) is 16.7 Å². The highest BCUT2D eigenvalue weighted by Gasteiger charge is 2.26. The zero-order chi connectivity index (χ0) is 20.3. The number of aryl methyl sites for hydroxylation is 1. The molecule has 0 bridgehead atoms. The first-order chi connectivity index (χ1) is 13.1. The molecule has 0 aliphatic heterocycles. The van der Waals surface area contributed by atoms with Gasteiger partial charge in [-0.1, -0.05) is 17.7 Å². The van der Waals surface area contributed by atoms with E-state index in [9.17, 15) is 25.9 Å². The molecule has 9 heteroatoms. The van der Waals surface area contributed by atoms with Crippen LogP contribution in [-0.4, -0.2) is 25.9 Å². The van der Waals surface area contributed by atoms with Gasteiger partial charge < -0.3 is 0 Å². The summed E-state index contributed by atoms with van der Waals surface area (Å²) in [4.78, 5) is 0.442. The highest BCUT2D eigenvalue weighted by Crippen LogP contribution is 2.49. The molecular formula is C19H15O6S3+. The number of rotatable bonds is 3. The molecule has 144 valence electrons. The van der Waals surface area contributed by atoms with E-state index in [0.717, 1.165) is 19.9 Å². The van der Waals surface area contributed by atoms with Crippen molar-refractivity contribution in [1.82, 2.24) is 0 Å². The molecule has 0 spiro atoms. The molecule has 0 unspecified atom stereocenters. The van der Waals surface area contributed by atoms with Gasteiger partial charge in [-0.3, -0.25) is 9.11 Å². The maximum absolute atomic E-state index is 11.6. The van der Waals surface area contributed by atoms with E-state index in [0.29, 0.717) is 10.8 Å². The summed E-state index contributed by atoms with van der Waals surface area (Å²) in [6.07, 6.45) is 0. The first-order valence-electron chi connectivity index (χ1n) is 8.10. The third-order valence-electron chi connectivity index (χ3n) is 4.48. The standard InChI is InChI=1S/C19H14O6S3/c1-12-2-4-13(5-3-12)26-18-8-6-14(27(20,21)22)10-16(18)17-11-15(28(23,24)25)7-9-19(17)26/h2-11H,1H3,(H-,20,21,22,23,24,25)/p+1. The fourth-order valence-corrected chi connectivity index (χ4v) is 6.52. The number of hydrogen-bond donors (Lipinski definition) is 2. The average Bonchev–Trinajstić information content (AvgIpc) is 2.94. The van der Waals surface area contributed by atoms with Crippen LogP contribution in [0.2, 0.25) is 0 Å². The van der Waals surface area contributed by atoms with Crippen LogP contribution in [0.3, 0.4) is 0 Å². The van der Waals surface area contributed by atoms with Gasteiger partial charge >= 0.3 is 0 Å². The summed E-state index contributed by atoms with van der Waals surface area (Å²) >= 11 is 0. The molecule has 1 aromatic heterocycles. The van der Waals surface area contributed by atoms with Gasteiger partial charge in [-0.2, -0.15) is 16.8 Å². The van der Waals surface area contributed by atoms with Crippen molar-refractivity contribution in [2.24, 2.45) is 0 Å². The van der Waals surface area contributed by atoms with Gasteiger partial charge in [-0.25, -0.2) is 0 Å². The smallest absolute Gasteiger partial charge is 0.282 e. The second kappa shape index (κ2) is 6.36. The van der Waals surface area contributed by atoms with Crippen LogP contribution in [0.4, 0.5) is 0 Å². The molecule has 0 atom stereocenters. The van der Waals surface area contributed by atoms with E-state index in [4.69, 9.17) is 0 Å². The van der Waals surface area contributed by atoms with E-state index in [1.807, 2.05) is 31.2 Å². The van der Waals surface area contributed by atoms with E-state index in [1.54, 1.807) is 12.1 Å². The molecule has 1 heterocycles. The summed E-state index contributed by atoms with van der Waals surface area (Å²) in [6.45, 7) is 1.97. The van der Waals surface area contributed by atoms with E-state index in [-0.39, 0.29) is 9.79 Å². The van der Waals surface area contributed by atoms with Gasteiger partial charge in [0.2, 0.25) is 0 Å². The van der Waals surface area contributed by atoms with Crippen molar-refractivity contribution < 1.29 is 25.9 Å². The topological polar surface area (TPSA) is 109 Å². The lowest BCUT2D eigenvalue weighted by molar-refractivity contribution is 0.481. The zero-order valence-corrected chi connectivity index (χ0v) is 17.0. The van der Waals surface area contributed by atoms with Crippen LogP contribution in [0.1, 0.15) is 5.56 Å². The summed E-state index contributed by atoms with van der Waals surface area (Å²) < 4.78 is 66.8. The van der Waals surface area contributed by atoms with E-state index in [1.165, 1.54) is 24.3 Å². The Morgan fingerprint density at radius 3 is 1.50 bits per heavy atom. The van der Waals surface area contributed by atoms with Gasteiger partial charge in [-0.15, -0.1) is 0 Å². The van der Waals surface area contributed by atoms with Gasteiger partial charge in [0, 0.05) is 33.4 Å². The van der Waals surface area contributed by atoms with Crippen LogP contribution in [0.15, 0.2) is 70.5 Å². The molecule has 6 nitrogen and oxygen atoms in total. The van der Waals surface area contributed by atoms with Crippen LogP contribution in [0.25, 0.3) is 25.1 Å². The summed E-state index contributed by atoms with van der Waals surface area (Å²) in [7, 11) is -9.41. The molecule has 0 saturated heterocycles. The largest absolute Gasteiger partial charge is 0.294 e. The highest BCUT2D eigenvalue weighted by atomic mass is 32.2. The maximum atomic E-state index is 11.6. The minimum absolute atomic E-state index is 0.274. The van der Waals surface area contributed by atoms with Crippen LogP contribution >= 0.6 is 10.5 Å². The second-order valence-electron chi connectivity index (χ2n) is 6.39. The molecule has 4 aromatic rings. The highest BCUT2D eigenvalue weighted by molar-refractivity contribution is 7.86. The monoisotopic (exact) mass is 435 g/mol. The second-order valence-corrected chi connectivity index (χ2v) is 11.2. The van der Waals surface area contributed by atoms with E-state index in [2.05, 4.69) is 0 Å². The Kier molecular flexibility index (Phi) is 4.32.